The fourth-order valence-corrected chi connectivity index (χ4v) is 2.73. The molecule has 0 fully saturated rings. The van der Waals surface area contributed by atoms with E-state index in [-0.39, 0.29) is 11.8 Å². The van der Waals surface area contributed by atoms with Crippen molar-refractivity contribution in [3.05, 3.63) is 58.6 Å². The fraction of sp³-hybridized carbons (Fsp3) is 0.278. The smallest absolute Gasteiger partial charge is 0.227 e. The maximum atomic E-state index is 12.4. The summed E-state index contributed by atoms with van der Waals surface area (Å²) in [4.78, 5) is 12.4. The van der Waals surface area contributed by atoms with E-state index in [2.05, 4.69) is 5.32 Å². The minimum atomic E-state index is -0.193. The zero-order valence-electron chi connectivity index (χ0n) is 12.8. The Morgan fingerprint density at radius 3 is 2.83 bits per heavy atom. The van der Waals surface area contributed by atoms with Crippen LogP contribution in [0.2, 0.25) is 5.02 Å². The molecule has 2 aromatic carbocycles. The Balaban J connectivity index is 1.61. The Hall–Kier alpha value is -2.20. The quantitative estimate of drug-likeness (QED) is 0.935. The number of benzene rings is 2. The number of amides is 1. The molecule has 1 aliphatic rings. The molecule has 0 saturated heterocycles. The summed E-state index contributed by atoms with van der Waals surface area (Å²) in [5, 5.41) is 3.64. The summed E-state index contributed by atoms with van der Waals surface area (Å²) in [6.07, 6.45) is 0.652. The Bertz CT molecular complexity index is 700. The van der Waals surface area contributed by atoms with Gasteiger partial charge in [0.25, 0.3) is 0 Å². The second kappa shape index (κ2) is 6.92. The summed E-state index contributed by atoms with van der Waals surface area (Å²) in [5.74, 6) is 1.40. The summed E-state index contributed by atoms with van der Waals surface area (Å²) in [7, 11) is 1.63. The molecule has 0 bridgehead atoms. The van der Waals surface area contributed by atoms with Crippen molar-refractivity contribution in [2.24, 2.45) is 5.92 Å². The number of carbonyl (C=O) groups excluding carboxylic acids is 1. The largest absolute Gasteiger partial charge is 0.497 e. The number of fused-ring (bicyclic) bond motifs is 1. The molecule has 1 amide bonds. The number of hydrogen-bond donors (Lipinski definition) is 1. The van der Waals surface area contributed by atoms with E-state index in [1.807, 2.05) is 42.5 Å². The monoisotopic (exact) mass is 331 g/mol. The van der Waals surface area contributed by atoms with Gasteiger partial charge in [0.2, 0.25) is 5.91 Å². The highest BCUT2D eigenvalue weighted by molar-refractivity contribution is 6.30. The average Bonchev–Trinajstić information content (AvgIpc) is 2.60. The molecule has 1 atom stereocenters. The number of carbonyl (C=O) groups is 1. The van der Waals surface area contributed by atoms with Crippen molar-refractivity contribution in [3.63, 3.8) is 0 Å². The first-order chi connectivity index (χ1) is 11.2. The third kappa shape index (κ3) is 3.77. The van der Waals surface area contributed by atoms with Gasteiger partial charge in [0.15, 0.2) is 0 Å². The van der Waals surface area contributed by atoms with Gasteiger partial charge in [-0.3, -0.25) is 4.79 Å². The standard InChI is InChI=1S/C18H18ClNO3/c1-22-16-6-7-17-13(9-16)8-14(11-23-17)18(21)20-10-12-2-4-15(19)5-3-12/h2-7,9,14H,8,10-11H2,1H3,(H,20,21). The number of rotatable bonds is 4. The molecule has 120 valence electrons. The molecule has 0 aromatic heterocycles. The van der Waals surface area contributed by atoms with E-state index >= 15 is 0 Å². The van der Waals surface area contributed by atoms with Crippen LogP contribution in [0.4, 0.5) is 0 Å². The molecule has 23 heavy (non-hydrogen) atoms. The fourth-order valence-electron chi connectivity index (χ4n) is 2.60. The van der Waals surface area contributed by atoms with Crippen LogP contribution < -0.4 is 14.8 Å². The van der Waals surface area contributed by atoms with Crippen molar-refractivity contribution >= 4 is 17.5 Å². The molecule has 4 nitrogen and oxygen atoms in total. The maximum absolute atomic E-state index is 12.4. The van der Waals surface area contributed by atoms with Gasteiger partial charge in [-0.15, -0.1) is 0 Å². The van der Waals surface area contributed by atoms with Gasteiger partial charge in [-0.25, -0.2) is 0 Å². The minimum Gasteiger partial charge on any atom is -0.497 e. The third-order valence-electron chi connectivity index (χ3n) is 3.92. The summed E-state index contributed by atoms with van der Waals surface area (Å²) in [6, 6.07) is 13.1. The summed E-state index contributed by atoms with van der Waals surface area (Å²) < 4.78 is 10.9. The molecule has 2 aromatic rings. The van der Waals surface area contributed by atoms with Gasteiger partial charge in [0.1, 0.15) is 18.1 Å². The lowest BCUT2D eigenvalue weighted by Gasteiger charge is -2.25. The van der Waals surface area contributed by atoms with Crippen molar-refractivity contribution in [3.8, 4) is 11.5 Å². The van der Waals surface area contributed by atoms with E-state index in [0.717, 1.165) is 22.6 Å². The zero-order valence-corrected chi connectivity index (χ0v) is 13.6. The molecule has 1 N–H and O–H groups in total. The average molecular weight is 332 g/mol. The zero-order chi connectivity index (χ0) is 16.2. The van der Waals surface area contributed by atoms with Crippen molar-refractivity contribution in [1.82, 2.24) is 5.32 Å². The van der Waals surface area contributed by atoms with Gasteiger partial charge in [-0.1, -0.05) is 23.7 Å². The Morgan fingerprint density at radius 2 is 2.09 bits per heavy atom. The number of ether oxygens (including phenoxy) is 2. The SMILES string of the molecule is COc1ccc2c(c1)CC(C(=O)NCc1ccc(Cl)cc1)CO2. The highest BCUT2D eigenvalue weighted by Crippen LogP contribution is 2.30. The predicted molar refractivity (Wildman–Crippen MR) is 89.0 cm³/mol. The molecular formula is C18H18ClNO3. The van der Waals surface area contributed by atoms with Crippen LogP contribution in [-0.4, -0.2) is 19.6 Å². The predicted octanol–water partition coefficient (Wildman–Crippen LogP) is 3.22. The molecule has 0 saturated carbocycles. The first-order valence-corrected chi connectivity index (χ1v) is 7.85. The van der Waals surface area contributed by atoms with Crippen LogP contribution in [0.5, 0.6) is 11.5 Å². The lowest BCUT2D eigenvalue weighted by molar-refractivity contribution is -0.126. The molecule has 5 heteroatoms. The number of halogens is 1. The van der Waals surface area contributed by atoms with Gasteiger partial charge in [-0.2, -0.15) is 0 Å². The van der Waals surface area contributed by atoms with Crippen molar-refractivity contribution in [2.75, 3.05) is 13.7 Å². The van der Waals surface area contributed by atoms with E-state index in [0.29, 0.717) is 24.6 Å². The summed E-state index contributed by atoms with van der Waals surface area (Å²) >= 11 is 5.85. The second-order valence-electron chi connectivity index (χ2n) is 5.53. The van der Waals surface area contributed by atoms with Crippen LogP contribution in [0.1, 0.15) is 11.1 Å². The lowest BCUT2D eigenvalue weighted by atomic mass is 9.95. The van der Waals surface area contributed by atoms with Crippen LogP contribution >= 0.6 is 11.6 Å². The lowest BCUT2D eigenvalue weighted by Crippen LogP contribution is -2.37. The first kappa shape index (κ1) is 15.7. The van der Waals surface area contributed by atoms with Crippen LogP contribution in [0, 0.1) is 5.92 Å². The number of nitrogens with one attached hydrogen (secondary N) is 1. The molecular weight excluding hydrogens is 314 g/mol. The minimum absolute atomic E-state index is 0.00609. The highest BCUT2D eigenvalue weighted by Gasteiger charge is 2.26. The highest BCUT2D eigenvalue weighted by atomic mass is 35.5. The molecule has 3 rings (SSSR count). The molecule has 1 heterocycles. The molecule has 0 aliphatic carbocycles. The van der Waals surface area contributed by atoms with E-state index in [1.54, 1.807) is 7.11 Å². The Kier molecular flexibility index (Phi) is 4.72. The molecule has 0 spiro atoms. The van der Waals surface area contributed by atoms with Gasteiger partial charge in [0, 0.05) is 11.6 Å². The van der Waals surface area contributed by atoms with Crippen LogP contribution in [0.25, 0.3) is 0 Å². The number of hydrogen-bond acceptors (Lipinski definition) is 3. The van der Waals surface area contributed by atoms with E-state index in [4.69, 9.17) is 21.1 Å². The van der Waals surface area contributed by atoms with Gasteiger partial charge in [-0.05, 0) is 47.9 Å². The first-order valence-electron chi connectivity index (χ1n) is 7.47. The Labute approximate surface area is 140 Å². The second-order valence-corrected chi connectivity index (χ2v) is 5.97. The third-order valence-corrected chi connectivity index (χ3v) is 4.18. The topological polar surface area (TPSA) is 47.6 Å². The van der Waals surface area contributed by atoms with Crippen LogP contribution in [-0.2, 0) is 17.8 Å². The van der Waals surface area contributed by atoms with Gasteiger partial charge < -0.3 is 14.8 Å². The van der Waals surface area contributed by atoms with E-state index < -0.39 is 0 Å². The van der Waals surface area contributed by atoms with E-state index in [9.17, 15) is 4.79 Å². The van der Waals surface area contributed by atoms with E-state index in [1.165, 1.54) is 0 Å². The molecule has 1 unspecified atom stereocenters. The van der Waals surface area contributed by atoms with Crippen LogP contribution in [0.3, 0.4) is 0 Å². The Morgan fingerprint density at radius 1 is 1.30 bits per heavy atom. The molecule has 1 aliphatic heterocycles. The molecule has 0 radical (unpaired) electrons. The van der Waals surface area contributed by atoms with Crippen molar-refractivity contribution in [2.45, 2.75) is 13.0 Å². The van der Waals surface area contributed by atoms with Crippen molar-refractivity contribution < 1.29 is 14.3 Å². The van der Waals surface area contributed by atoms with Crippen LogP contribution in [0.15, 0.2) is 42.5 Å². The summed E-state index contributed by atoms with van der Waals surface area (Å²) in [6.45, 7) is 0.878. The van der Waals surface area contributed by atoms with Gasteiger partial charge >= 0.3 is 0 Å². The maximum Gasteiger partial charge on any atom is 0.227 e. The van der Waals surface area contributed by atoms with Gasteiger partial charge in [0.05, 0.1) is 13.0 Å². The normalized spacial score (nSPS) is 16.2. The summed E-state index contributed by atoms with van der Waals surface area (Å²) in [5.41, 5.74) is 2.02. The number of methoxy groups -OCH3 is 1. The van der Waals surface area contributed by atoms with Crippen molar-refractivity contribution in [1.29, 1.82) is 0 Å².